The van der Waals surface area contributed by atoms with E-state index in [1.165, 1.54) is 0 Å². The zero-order chi connectivity index (χ0) is 14.0. The number of ether oxygens (including phenoxy) is 1. The monoisotopic (exact) mass is 265 g/mol. The molecule has 0 aromatic heterocycles. The molecule has 0 saturated carbocycles. The van der Waals surface area contributed by atoms with Gasteiger partial charge in [0.05, 0.1) is 6.10 Å². The Balaban J connectivity index is 2.39. The van der Waals surface area contributed by atoms with Crippen molar-refractivity contribution < 1.29 is 24.9 Å². The van der Waals surface area contributed by atoms with Crippen LogP contribution in [-0.2, 0) is 16.8 Å². The second kappa shape index (κ2) is 5.19. The molecule has 0 heterocycles. The maximum atomic E-state index is 10.6. The first kappa shape index (κ1) is 13.8. The molecule has 0 aliphatic heterocycles. The third kappa shape index (κ3) is 2.43. The van der Waals surface area contributed by atoms with E-state index in [4.69, 9.17) is 9.84 Å². The third-order valence-electron chi connectivity index (χ3n) is 3.55. The van der Waals surface area contributed by atoms with Gasteiger partial charge in [0.1, 0.15) is 11.4 Å². The Morgan fingerprint density at radius 2 is 2.26 bits per heavy atom. The van der Waals surface area contributed by atoms with Crippen LogP contribution >= 0.6 is 0 Å². The number of fused-ring (bicyclic) bond motifs is 1. The number of aliphatic hydroxyl groups excluding tert-OH is 1. The minimum Gasteiger partial charge on any atom is -0.482 e. The van der Waals surface area contributed by atoms with Gasteiger partial charge in [0.2, 0.25) is 0 Å². The van der Waals surface area contributed by atoms with Gasteiger partial charge in [0.15, 0.2) is 6.61 Å². The zero-order valence-corrected chi connectivity index (χ0v) is 10.5. The summed E-state index contributed by atoms with van der Waals surface area (Å²) in [6, 6.07) is 5.06. The van der Waals surface area contributed by atoms with E-state index in [0.29, 0.717) is 24.2 Å². The molecule has 103 valence electrons. The minimum atomic E-state index is -1.39. The first-order valence-corrected chi connectivity index (χ1v) is 6.15. The molecule has 1 aliphatic rings. The van der Waals surface area contributed by atoms with Crippen molar-refractivity contribution in [3.63, 3.8) is 0 Å². The van der Waals surface area contributed by atoms with Crippen molar-refractivity contribution in [2.75, 3.05) is 6.61 Å². The highest BCUT2D eigenvalue weighted by atomic mass is 16.5. The summed E-state index contributed by atoms with van der Waals surface area (Å²) < 4.78 is 5.23. The van der Waals surface area contributed by atoms with E-state index in [-0.39, 0.29) is 6.42 Å². The standard InChI is InChI=1S/C14H17O5/c1-2-14(18)10-4-3-5-11(19-8-13(16)17)9(10)6-7-12(14)15/h3-5,12,15,18H,1-2,6-8H2,(H,16,17). The van der Waals surface area contributed by atoms with E-state index in [2.05, 4.69) is 6.92 Å². The van der Waals surface area contributed by atoms with E-state index < -0.39 is 24.3 Å². The average molecular weight is 265 g/mol. The predicted octanol–water partition coefficient (Wildman–Crippen LogP) is 0.869. The van der Waals surface area contributed by atoms with Gasteiger partial charge in [-0.15, -0.1) is 0 Å². The molecule has 2 rings (SSSR count). The molecule has 0 saturated heterocycles. The maximum Gasteiger partial charge on any atom is 0.341 e. The molecule has 5 heteroatoms. The Bertz CT molecular complexity index is 485. The van der Waals surface area contributed by atoms with Gasteiger partial charge in [-0.25, -0.2) is 4.79 Å². The summed E-state index contributed by atoms with van der Waals surface area (Å²) in [5, 5.41) is 29.1. The van der Waals surface area contributed by atoms with E-state index in [0.717, 1.165) is 5.56 Å². The molecule has 0 spiro atoms. The van der Waals surface area contributed by atoms with Crippen LogP contribution in [0, 0.1) is 6.92 Å². The quantitative estimate of drug-likeness (QED) is 0.752. The van der Waals surface area contributed by atoms with Crippen LogP contribution < -0.4 is 4.74 Å². The summed E-state index contributed by atoms with van der Waals surface area (Å²) in [6.07, 6.45) is 0.206. The fourth-order valence-corrected chi connectivity index (χ4v) is 2.50. The smallest absolute Gasteiger partial charge is 0.341 e. The summed E-state index contributed by atoms with van der Waals surface area (Å²) in [7, 11) is 0. The van der Waals surface area contributed by atoms with E-state index in [1.54, 1.807) is 18.2 Å². The summed E-state index contributed by atoms with van der Waals surface area (Å²) in [5.41, 5.74) is -0.0692. The normalized spacial score (nSPS) is 25.7. The van der Waals surface area contributed by atoms with Gasteiger partial charge in [0, 0.05) is 5.56 Å². The van der Waals surface area contributed by atoms with Crippen LogP contribution in [0.5, 0.6) is 5.75 Å². The average Bonchev–Trinajstić information content (AvgIpc) is 2.40. The minimum absolute atomic E-state index is 0.142. The Morgan fingerprint density at radius 1 is 1.53 bits per heavy atom. The highest BCUT2D eigenvalue weighted by Gasteiger charge is 2.41. The molecule has 1 aromatic rings. The van der Waals surface area contributed by atoms with Gasteiger partial charge in [-0.3, -0.25) is 0 Å². The molecule has 0 bridgehead atoms. The van der Waals surface area contributed by atoms with Gasteiger partial charge in [0.25, 0.3) is 0 Å². The van der Waals surface area contributed by atoms with E-state index in [9.17, 15) is 15.0 Å². The molecule has 19 heavy (non-hydrogen) atoms. The first-order chi connectivity index (χ1) is 8.99. The van der Waals surface area contributed by atoms with Crippen molar-refractivity contribution >= 4 is 5.97 Å². The Labute approximate surface area is 111 Å². The van der Waals surface area contributed by atoms with Crippen LogP contribution in [0.1, 0.15) is 24.0 Å². The van der Waals surface area contributed by atoms with Gasteiger partial charge in [-0.05, 0) is 30.9 Å². The van der Waals surface area contributed by atoms with Crippen LogP contribution in [0.25, 0.3) is 0 Å². The Morgan fingerprint density at radius 3 is 2.89 bits per heavy atom. The summed E-state index contributed by atoms with van der Waals surface area (Å²) >= 11 is 0. The fraction of sp³-hybridized carbons (Fsp3) is 0.429. The van der Waals surface area contributed by atoms with Crippen molar-refractivity contribution in [1.29, 1.82) is 0 Å². The van der Waals surface area contributed by atoms with Crippen LogP contribution in [0.4, 0.5) is 0 Å². The van der Waals surface area contributed by atoms with Gasteiger partial charge < -0.3 is 20.1 Å². The Kier molecular flexibility index (Phi) is 3.78. The predicted molar refractivity (Wildman–Crippen MR) is 67.8 cm³/mol. The number of carbonyl (C=O) groups is 1. The van der Waals surface area contributed by atoms with Crippen molar-refractivity contribution in [2.45, 2.75) is 31.0 Å². The molecule has 2 unspecified atom stereocenters. The van der Waals surface area contributed by atoms with Crippen LogP contribution in [0.15, 0.2) is 18.2 Å². The molecule has 2 atom stereocenters. The van der Waals surface area contributed by atoms with E-state index >= 15 is 0 Å². The summed E-state index contributed by atoms with van der Waals surface area (Å²) in [5.74, 6) is -0.612. The lowest BCUT2D eigenvalue weighted by molar-refractivity contribution is -0.139. The first-order valence-electron chi connectivity index (χ1n) is 6.15. The number of hydrogen-bond donors (Lipinski definition) is 3. The van der Waals surface area contributed by atoms with Crippen molar-refractivity contribution in [3.8, 4) is 5.75 Å². The molecule has 5 nitrogen and oxygen atoms in total. The SMILES string of the molecule is [CH2]CC1(O)c2cccc(OCC(=O)O)c2CCC1O. The summed E-state index contributed by atoms with van der Waals surface area (Å²) in [6.45, 7) is 3.26. The topological polar surface area (TPSA) is 87.0 Å². The fourth-order valence-electron chi connectivity index (χ4n) is 2.50. The maximum absolute atomic E-state index is 10.6. The number of benzene rings is 1. The van der Waals surface area contributed by atoms with Crippen molar-refractivity contribution in [1.82, 2.24) is 0 Å². The van der Waals surface area contributed by atoms with Gasteiger partial charge in [-0.1, -0.05) is 19.1 Å². The second-order valence-electron chi connectivity index (χ2n) is 4.69. The molecular formula is C14H17O5. The number of aliphatic carboxylic acids is 1. The van der Waals surface area contributed by atoms with Gasteiger partial charge in [-0.2, -0.15) is 0 Å². The number of aliphatic hydroxyl groups is 2. The van der Waals surface area contributed by atoms with Crippen molar-refractivity contribution in [2.24, 2.45) is 0 Å². The highest BCUT2D eigenvalue weighted by molar-refractivity contribution is 5.68. The molecule has 0 fully saturated rings. The number of rotatable bonds is 4. The molecule has 3 N–H and O–H groups in total. The van der Waals surface area contributed by atoms with Gasteiger partial charge >= 0.3 is 5.97 Å². The largest absolute Gasteiger partial charge is 0.482 e. The Hall–Kier alpha value is -1.59. The van der Waals surface area contributed by atoms with E-state index in [1.807, 2.05) is 0 Å². The zero-order valence-electron chi connectivity index (χ0n) is 10.5. The molecule has 1 aromatic carbocycles. The molecule has 1 aliphatic carbocycles. The molecule has 0 amide bonds. The second-order valence-corrected chi connectivity index (χ2v) is 4.69. The van der Waals surface area contributed by atoms with Crippen LogP contribution in [-0.4, -0.2) is 34.0 Å². The van der Waals surface area contributed by atoms with Crippen LogP contribution in [0.2, 0.25) is 0 Å². The summed E-state index contributed by atoms with van der Waals surface area (Å²) in [4.78, 5) is 10.6. The number of carboxylic acid groups (broad SMARTS) is 1. The van der Waals surface area contributed by atoms with Crippen LogP contribution in [0.3, 0.4) is 0 Å². The number of carboxylic acids is 1. The number of hydrogen-bond acceptors (Lipinski definition) is 4. The van der Waals surface area contributed by atoms with Crippen molar-refractivity contribution in [3.05, 3.63) is 36.2 Å². The highest BCUT2D eigenvalue weighted by Crippen LogP contribution is 2.41. The lowest BCUT2D eigenvalue weighted by Crippen LogP contribution is -2.43. The molecular weight excluding hydrogens is 248 g/mol. The third-order valence-corrected chi connectivity index (χ3v) is 3.55. The lowest BCUT2D eigenvalue weighted by atomic mass is 9.75. The molecule has 1 radical (unpaired) electrons. The lowest BCUT2D eigenvalue weighted by Gasteiger charge is -2.38.